The molecular formula is C20H14ClF3N2O2. The Labute approximate surface area is 163 Å². The van der Waals surface area contributed by atoms with E-state index < -0.39 is 17.6 Å². The first kappa shape index (κ1) is 19.7. The number of aromatic nitrogens is 1. The summed E-state index contributed by atoms with van der Waals surface area (Å²) >= 11 is 5.91. The number of ether oxygens (including phenoxy) is 1. The van der Waals surface area contributed by atoms with Gasteiger partial charge < -0.3 is 10.1 Å². The van der Waals surface area contributed by atoms with E-state index in [1.165, 1.54) is 30.5 Å². The second-order valence-electron chi connectivity index (χ2n) is 5.90. The van der Waals surface area contributed by atoms with E-state index in [1.54, 1.807) is 25.1 Å². The van der Waals surface area contributed by atoms with Gasteiger partial charge in [0.15, 0.2) is 0 Å². The second kappa shape index (κ2) is 7.90. The summed E-state index contributed by atoms with van der Waals surface area (Å²) in [4.78, 5) is 16.6. The van der Waals surface area contributed by atoms with Crippen LogP contribution in [-0.4, -0.2) is 10.9 Å². The molecule has 144 valence electrons. The third-order valence-corrected chi connectivity index (χ3v) is 4.06. The van der Waals surface area contributed by atoms with Crippen molar-refractivity contribution >= 4 is 23.2 Å². The predicted octanol–water partition coefficient (Wildman–Crippen LogP) is 6.11. The molecule has 1 amide bonds. The number of nitrogens with zero attached hydrogens (tertiary/aromatic N) is 1. The fourth-order valence-corrected chi connectivity index (χ4v) is 2.68. The van der Waals surface area contributed by atoms with Crippen molar-refractivity contribution in [3.8, 4) is 11.6 Å². The summed E-state index contributed by atoms with van der Waals surface area (Å²) in [5.74, 6) is -0.698. The van der Waals surface area contributed by atoms with Crippen molar-refractivity contribution in [2.45, 2.75) is 13.1 Å². The van der Waals surface area contributed by atoms with Crippen molar-refractivity contribution in [1.82, 2.24) is 4.98 Å². The van der Waals surface area contributed by atoms with Gasteiger partial charge >= 0.3 is 6.18 Å². The molecule has 0 spiro atoms. The highest BCUT2D eigenvalue weighted by molar-refractivity contribution is 6.30. The van der Waals surface area contributed by atoms with Crippen LogP contribution in [-0.2, 0) is 6.18 Å². The van der Waals surface area contributed by atoms with Crippen LogP contribution in [0.4, 0.5) is 18.9 Å². The molecule has 0 aliphatic rings. The molecule has 8 heteroatoms. The van der Waals surface area contributed by atoms with Gasteiger partial charge in [0.2, 0.25) is 5.88 Å². The summed E-state index contributed by atoms with van der Waals surface area (Å²) < 4.78 is 44.1. The molecule has 0 fully saturated rings. The summed E-state index contributed by atoms with van der Waals surface area (Å²) in [5, 5.41) is 3.25. The van der Waals surface area contributed by atoms with Crippen molar-refractivity contribution in [2.75, 3.05) is 5.32 Å². The molecule has 4 nitrogen and oxygen atoms in total. The summed E-state index contributed by atoms with van der Waals surface area (Å²) in [7, 11) is 0. The number of alkyl halides is 3. The number of carbonyl (C=O) groups excluding carboxylic acids is 1. The average molecular weight is 407 g/mol. The molecule has 0 saturated heterocycles. The number of benzene rings is 2. The third kappa shape index (κ3) is 4.61. The zero-order chi connectivity index (χ0) is 20.3. The van der Waals surface area contributed by atoms with Gasteiger partial charge in [-0.15, -0.1) is 0 Å². The minimum absolute atomic E-state index is 0.0780. The number of hydrogen-bond donors (Lipinski definition) is 1. The first-order valence-corrected chi connectivity index (χ1v) is 8.49. The van der Waals surface area contributed by atoms with Gasteiger partial charge in [-0.3, -0.25) is 4.79 Å². The number of amides is 1. The maximum Gasteiger partial charge on any atom is 0.416 e. The number of halogens is 4. The van der Waals surface area contributed by atoms with Gasteiger partial charge in [0.1, 0.15) is 11.3 Å². The molecule has 3 rings (SSSR count). The Hall–Kier alpha value is -3.06. The molecule has 2 aromatic carbocycles. The highest BCUT2D eigenvalue weighted by atomic mass is 35.5. The smallest absolute Gasteiger partial charge is 0.416 e. The topological polar surface area (TPSA) is 51.2 Å². The summed E-state index contributed by atoms with van der Waals surface area (Å²) in [6.07, 6.45) is -3.12. The summed E-state index contributed by atoms with van der Waals surface area (Å²) in [6.45, 7) is 1.78. The molecular weight excluding hydrogens is 393 g/mol. The Morgan fingerprint density at radius 3 is 2.61 bits per heavy atom. The molecule has 0 radical (unpaired) electrons. The number of rotatable bonds is 4. The van der Waals surface area contributed by atoms with E-state index in [4.69, 9.17) is 16.3 Å². The van der Waals surface area contributed by atoms with Crippen molar-refractivity contribution < 1.29 is 22.7 Å². The number of aryl methyl sites for hydroxylation is 1. The Bertz CT molecular complexity index is 1020. The van der Waals surface area contributed by atoms with Crippen LogP contribution in [0.15, 0.2) is 60.8 Å². The molecule has 0 unspecified atom stereocenters. The number of carbonyl (C=O) groups is 1. The Kier molecular flexibility index (Phi) is 5.56. The summed E-state index contributed by atoms with van der Waals surface area (Å²) in [5.41, 5.74) is 0.520. The lowest BCUT2D eigenvalue weighted by atomic mass is 10.2. The molecule has 1 N–H and O–H groups in total. The fraction of sp³-hybridized carbons (Fsp3) is 0.100. The van der Waals surface area contributed by atoms with Gasteiger partial charge in [-0.1, -0.05) is 17.7 Å². The Balaban J connectivity index is 1.86. The number of nitrogens with one attached hydrogen (secondary N) is 1. The first-order chi connectivity index (χ1) is 13.2. The average Bonchev–Trinajstić information content (AvgIpc) is 2.64. The number of pyridine rings is 1. The monoisotopic (exact) mass is 406 g/mol. The van der Waals surface area contributed by atoms with E-state index in [2.05, 4.69) is 10.3 Å². The highest BCUT2D eigenvalue weighted by Gasteiger charge is 2.30. The standard InChI is InChI=1S/C20H14ClF3N2O2/c1-12-10-14(21)7-8-17(12)26-18(27)16-6-3-9-25-19(16)28-15-5-2-4-13(11-15)20(22,23)24/h2-11H,1H3,(H,26,27). The SMILES string of the molecule is Cc1cc(Cl)ccc1NC(=O)c1cccnc1Oc1cccc(C(F)(F)F)c1. The van der Waals surface area contributed by atoms with Gasteiger partial charge in [0.05, 0.1) is 5.56 Å². The molecule has 0 aliphatic carbocycles. The Morgan fingerprint density at radius 2 is 1.89 bits per heavy atom. The van der Waals surface area contributed by atoms with E-state index in [9.17, 15) is 18.0 Å². The van der Waals surface area contributed by atoms with Crippen LogP contribution in [0.1, 0.15) is 21.5 Å². The van der Waals surface area contributed by atoms with Gasteiger partial charge in [-0.25, -0.2) is 4.98 Å². The highest BCUT2D eigenvalue weighted by Crippen LogP contribution is 2.33. The molecule has 1 aromatic heterocycles. The van der Waals surface area contributed by atoms with E-state index in [1.807, 2.05) is 0 Å². The molecule has 28 heavy (non-hydrogen) atoms. The van der Waals surface area contributed by atoms with Gasteiger partial charge in [-0.2, -0.15) is 13.2 Å². The maximum absolute atomic E-state index is 12.9. The Morgan fingerprint density at radius 1 is 1.11 bits per heavy atom. The number of hydrogen-bond acceptors (Lipinski definition) is 3. The maximum atomic E-state index is 12.9. The molecule has 0 atom stereocenters. The molecule has 0 bridgehead atoms. The van der Waals surface area contributed by atoms with Crippen molar-refractivity contribution in [2.24, 2.45) is 0 Å². The second-order valence-corrected chi connectivity index (χ2v) is 6.33. The fourth-order valence-electron chi connectivity index (χ4n) is 2.45. The van der Waals surface area contributed by atoms with Crippen LogP contribution in [0.25, 0.3) is 0 Å². The zero-order valence-corrected chi connectivity index (χ0v) is 15.3. The van der Waals surface area contributed by atoms with E-state index in [-0.39, 0.29) is 17.2 Å². The van der Waals surface area contributed by atoms with E-state index >= 15 is 0 Å². The molecule has 1 heterocycles. The van der Waals surface area contributed by atoms with Crippen LogP contribution in [0.5, 0.6) is 11.6 Å². The van der Waals surface area contributed by atoms with Crippen molar-refractivity contribution in [3.05, 3.63) is 82.5 Å². The van der Waals surface area contributed by atoms with Crippen LogP contribution in [0.3, 0.4) is 0 Å². The minimum atomic E-state index is -4.50. The predicted molar refractivity (Wildman–Crippen MR) is 99.9 cm³/mol. The minimum Gasteiger partial charge on any atom is -0.438 e. The van der Waals surface area contributed by atoms with Crippen LogP contribution in [0.2, 0.25) is 5.02 Å². The normalized spacial score (nSPS) is 11.2. The quantitative estimate of drug-likeness (QED) is 0.569. The molecule has 3 aromatic rings. The first-order valence-electron chi connectivity index (χ1n) is 8.11. The third-order valence-electron chi connectivity index (χ3n) is 3.83. The number of anilines is 1. The molecule has 0 saturated carbocycles. The molecule has 0 aliphatic heterocycles. The van der Waals surface area contributed by atoms with E-state index in [0.717, 1.165) is 17.7 Å². The van der Waals surface area contributed by atoms with Gasteiger partial charge in [0, 0.05) is 16.9 Å². The largest absolute Gasteiger partial charge is 0.438 e. The zero-order valence-electron chi connectivity index (χ0n) is 14.5. The lowest BCUT2D eigenvalue weighted by molar-refractivity contribution is -0.137. The van der Waals surface area contributed by atoms with Crippen LogP contribution in [0, 0.1) is 6.92 Å². The van der Waals surface area contributed by atoms with Crippen molar-refractivity contribution in [3.63, 3.8) is 0 Å². The van der Waals surface area contributed by atoms with Gasteiger partial charge in [-0.05, 0) is 61.0 Å². The van der Waals surface area contributed by atoms with Crippen molar-refractivity contribution in [1.29, 1.82) is 0 Å². The van der Waals surface area contributed by atoms with E-state index in [0.29, 0.717) is 10.7 Å². The summed E-state index contributed by atoms with van der Waals surface area (Å²) in [6, 6.07) is 12.3. The van der Waals surface area contributed by atoms with Gasteiger partial charge in [0.25, 0.3) is 5.91 Å². The lowest BCUT2D eigenvalue weighted by Crippen LogP contribution is -2.14. The van der Waals surface area contributed by atoms with Crippen LogP contribution >= 0.6 is 11.6 Å². The van der Waals surface area contributed by atoms with Crippen LogP contribution < -0.4 is 10.1 Å². The lowest BCUT2D eigenvalue weighted by Gasteiger charge is -2.13.